The van der Waals surface area contributed by atoms with Crippen molar-refractivity contribution < 1.29 is 35.9 Å². The lowest BCUT2D eigenvalue weighted by molar-refractivity contribution is -0.143. The summed E-state index contributed by atoms with van der Waals surface area (Å²) < 4.78 is 81.2. The molecular formula is C15H9ClF6N2O2. The van der Waals surface area contributed by atoms with Crippen molar-refractivity contribution in [2.45, 2.75) is 12.4 Å². The number of nitrogens with zero attached hydrogens (tertiary/aromatic N) is 1. The third kappa shape index (κ3) is 5.51. The number of carbonyl (C=O) groups is 1. The Bertz CT molecular complexity index is 758. The van der Waals surface area contributed by atoms with Crippen LogP contribution in [0.1, 0.15) is 11.1 Å². The molecule has 0 aliphatic rings. The Hall–Kier alpha value is -2.49. The summed E-state index contributed by atoms with van der Waals surface area (Å²) in [6.45, 7) is -0.817. The standard InChI is InChI=1S/C15H9ClF6N2O2/c16-10-1-2-12(23-6-10)24-13(25)7-26-11-4-8(14(17,18)19)3-9(5-11)15(20,21)22/h1-6H,7H2,(H,23,24,25). The fourth-order valence-corrected chi connectivity index (χ4v) is 1.90. The zero-order valence-electron chi connectivity index (χ0n) is 12.6. The maximum atomic E-state index is 12.7. The summed E-state index contributed by atoms with van der Waals surface area (Å²) >= 11 is 5.61. The van der Waals surface area contributed by atoms with Crippen LogP contribution in [0.3, 0.4) is 0 Å². The SMILES string of the molecule is O=C(COc1cc(C(F)(F)F)cc(C(F)(F)F)c1)Nc1ccc(Cl)cn1. The van der Waals surface area contributed by atoms with Crippen LogP contribution in [0.5, 0.6) is 5.75 Å². The highest BCUT2D eigenvalue weighted by molar-refractivity contribution is 6.30. The Morgan fingerprint density at radius 3 is 2.08 bits per heavy atom. The first-order valence-electron chi connectivity index (χ1n) is 6.79. The number of hydrogen-bond acceptors (Lipinski definition) is 3. The normalized spacial score (nSPS) is 12.0. The minimum Gasteiger partial charge on any atom is -0.484 e. The predicted octanol–water partition coefficient (Wildman–Crippen LogP) is 4.79. The molecule has 1 N–H and O–H groups in total. The Morgan fingerprint density at radius 2 is 1.62 bits per heavy atom. The Morgan fingerprint density at radius 1 is 1.04 bits per heavy atom. The first-order valence-corrected chi connectivity index (χ1v) is 7.16. The third-order valence-electron chi connectivity index (χ3n) is 2.93. The zero-order valence-corrected chi connectivity index (χ0v) is 13.3. The minimum absolute atomic E-state index is 0.0371. The lowest BCUT2D eigenvalue weighted by Crippen LogP contribution is -2.21. The van der Waals surface area contributed by atoms with Gasteiger partial charge in [-0.05, 0) is 30.3 Å². The number of pyridine rings is 1. The fourth-order valence-electron chi connectivity index (χ4n) is 1.79. The van der Waals surface area contributed by atoms with Gasteiger partial charge in [-0.15, -0.1) is 0 Å². The molecule has 26 heavy (non-hydrogen) atoms. The van der Waals surface area contributed by atoms with Gasteiger partial charge in [0.05, 0.1) is 16.1 Å². The van der Waals surface area contributed by atoms with E-state index in [-0.39, 0.29) is 11.9 Å². The molecule has 2 aromatic rings. The molecule has 4 nitrogen and oxygen atoms in total. The molecule has 0 aliphatic heterocycles. The molecule has 2 rings (SSSR count). The molecule has 1 heterocycles. The van der Waals surface area contributed by atoms with Gasteiger partial charge in [0.25, 0.3) is 5.91 Å². The summed E-state index contributed by atoms with van der Waals surface area (Å²) in [4.78, 5) is 15.4. The van der Waals surface area contributed by atoms with Crippen LogP contribution in [0.25, 0.3) is 0 Å². The average molecular weight is 399 g/mol. The van der Waals surface area contributed by atoms with E-state index in [2.05, 4.69) is 10.3 Å². The van der Waals surface area contributed by atoms with Crippen molar-refractivity contribution in [3.8, 4) is 5.75 Å². The second kappa shape index (κ2) is 7.40. The molecule has 0 radical (unpaired) electrons. The molecule has 0 unspecified atom stereocenters. The number of alkyl halides is 6. The monoisotopic (exact) mass is 398 g/mol. The highest BCUT2D eigenvalue weighted by Gasteiger charge is 2.37. The number of aromatic nitrogens is 1. The molecule has 0 saturated carbocycles. The van der Waals surface area contributed by atoms with E-state index in [1.807, 2.05) is 0 Å². The van der Waals surface area contributed by atoms with Gasteiger partial charge in [0.2, 0.25) is 0 Å². The van der Waals surface area contributed by atoms with Gasteiger partial charge in [-0.25, -0.2) is 4.98 Å². The van der Waals surface area contributed by atoms with Crippen molar-refractivity contribution in [3.63, 3.8) is 0 Å². The second-order valence-corrected chi connectivity index (χ2v) is 5.38. The van der Waals surface area contributed by atoms with Gasteiger partial charge in [-0.3, -0.25) is 4.79 Å². The van der Waals surface area contributed by atoms with Crippen molar-refractivity contribution in [1.82, 2.24) is 4.98 Å². The van der Waals surface area contributed by atoms with Gasteiger partial charge in [0.15, 0.2) is 6.61 Å². The largest absolute Gasteiger partial charge is 0.484 e. The molecule has 1 aromatic carbocycles. The molecule has 0 fully saturated rings. The number of hydrogen-bond donors (Lipinski definition) is 1. The van der Waals surface area contributed by atoms with E-state index < -0.39 is 41.7 Å². The van der Waals surface area contributed by atoms with Crippen LogP contribution >= 0.6 is 11.6 Å². The van der Waals surface area contributed by atoms with E-state index in [0.29, 0.717) is 17.2 Å². The van der Waals surface area contributed by atoms with Gasteiger partial charge in [0, 0.05) is 6.20 Å². The molecule has 11 heteroatoms. The van der Waals surface area contributed by atoms with Gasteiger partial charge in [-0.2, -0.15) is 26.3 Å². The topological polar surface area (TPSA) is 51.2 Å². The molecular weight excluding hydrogens is 390 g/mol. The van der Waals surface area contributed by atoms with Crippen molar-refractivity contribution in [3.05, 3.63) is 52.7 Å². The summed E-state index contributed by atoms with van der Waals surface area (Å²) in [6.07, 6.45) is -8.77. The lowest BCUT2D eigenvalue weighted by atomic mass is 10.1. The van der Waals surface area contributed by atoms with Crippen LogP contribution < -0.4 is 10.1 Å². The summed E-state index contributed by atoms with van der Waals surface area (Å²) in [5.41, 5.74) is -3.08. The van der Waals surface area contributed by atoms with E-state index in [1.54, 1.807) is 0 Å². The van der Waals surface area contributed by atoms with Crippen LogP contribution in [-0.4, -0.2) is 17.5 Å². The van der Waals surface area contributed by atoms with Crippen LogP contribution in [0.4, 0.5) is 32.2 Å². The van der Waals surface area contributed by atoms with E-state index in [4.69, 9.17) is 16.3 Å². The number of carbonyl (C=O) groups excluding carboxylic acids is 1. The van der Waals surface area contributed by atoms with Gasteiger partial charge < -0.3 is 10.1 Å². The Kier molecular flexibility index (Phi) is 5.65. The molecule has 0 aliphatic carbocycles. The average Bonchev–Trinajstić information content (AvgIpc) is 2.53. The summed E-state index contributed by atoms with van der Waals surface area (Å²) in [5, 5.41) is 2.56. The number of rotatable bonds is 4. The number of ether oxygens (including phenoxy) is 1. The van der Waals surface area contributed by atoms with Gasteiger partial charge in [0.1, 0.15) is 11.6 Å². The van der Waals surface area contributed by atoms with Crippen molar-refractivity contribution in [2.75, 3.05) is 11.9 Å². The number of halogens is 7. The number of benzene rings is 1. The Balaban J connectivity index is 2.12. The fraction of sp³-hybridized carbons (Fsp3) is 0.200. The van der Waals surface area contributed by atoms with E-state index in [1.165, 1.54) is 18.3 Å². The first kappa shape index (κ1) is 19.8. The second-order valence-electron chi connectivity index (χ2n) is 4.94. The third-order valence-corrected chi connectivity index (χ3v) is 3.15. The molecule has 0 saturated heterocycles. The summed E-state index contributed by atoms with van der Waals surface area (Å²) in [5.74, 6) is -1.49. The molecule has 0 atom stereocenters. The maximum Gasteiger partial charge on any atom is 0.416 e. The van der Waals surface area contributed by atoms with Crippen LogP contribution in [0, 0.1) is 0 Å². The highest BCUT2D eigenvalue weighted by Crippen LogP contribution is 2.38. The molecule has 1 aromatic heterocycles. The van der Waals surface area contributed by atoms with Crippen molar-refractivity contribution in [1.29, 1.82) is 0 Å². The van der Waals surface area contributed by atoms with Crippen LogP contribution in [-0.2, 0) is 17.1 Å². The summed E-state index contributed by atoms with van der Waals surface area (Å²) in [7, 11) is 0. The summed E-state index contributed by atoms with van der Waals surface area (Å²) in [6, 6.07) is 3.50. The number of amides is 1. The minimum atomic E-state index is -5.01. The van der Waals surface area contributed by atoms with Gasteiger partial charge >= 0.3 is 12.4 Å². The van der Waals surface area contributed by atoms with E-state index >= 15 is 0 Å². The molecule has 0 bridgehead atoms. The smallest absolute Gasteiger partial charge is 0.416 e. The molecule has 1 amide bonds. The van der Waals surface area contributed by atoms with Crippen molar-refractivity contribution >= 4 is 23.3 Å². The maximum absolute atomic E-state index is 12.7. The highest BCUT2D eigenvalue weighted by atomic mass is 35.5. The van der Waals surface area contributed by atoms with Crippen molar-refractivity contribution in [2.24, 2.45) is 0 Å². The van der Waals surface area contributed by atoms with Crippen LogP contribution in [0.2, 0.25) is 5.02 Å². The van der Waals surface area contributed by atoms with E-state index in [0.717, 1.165) is 0 Å². The quantitative estimate of drug-likeness (QED) is 0.753. The molecule has 140 valence electrons. The number of nitrogens with one attached hydrogen (secondary N) is 1. The number of anilines is 1. The lowest BCUT2D eigenvalue weighted by Gasteiger charge is -2.14. The molecule has 0 spiro atoms. The van der Waals surface area contributed by atoms with E-state index in [9.17, 15) is 31.1 Å². The predicted molar refractivity (Wildman–Crippen MR) is 79.8 cm³/mol. The van der Waals surface area contributed by atoms with Crippen LogP contribution in [0.15, 0.2) is 36.5 Å². The zero-order chi connectivity index (χ0) is 19.5. The Labute approximate surface area is 147 Å². The van der Waals surface area contributed by atoms with Gasteiger partial charge in [-0.1, -0.05) is 11.6 Å². The first-order chi connectivity index (χ1) is 11.9.